The topological polar surface area (TPSA) is 39.3 Å². The van der Waals surface area contributed by atoms with E-state index in [2.05, 4.69) is 21.6 Å². The molecule has 0 N–H and O–H groups in total. The Balaban J connectivity index is 1.38. The van der Waals surface area contributed by atoms with Gasteiger partial charge in [0.25, 0.3) is 0 Å². The van der Waals surface area contributed by atoms with Crippen LogP contribution in [-0.2, 0) is 4.74 Å². The molecule has 156 valence electrons. The first kappa shape index (κ1) is 20.9. The molecule has 6 nitrogen and oxygen atoms in total. The molecule has 1 amide bonds. The van der Waals surface area contributed by atoms with Crippen molar-refractivity contribution in [2.45, 2.75) is 71.1 Å². The molecule has 3 heterocycles. The second kappa shape index (κ2) is 9.10. The number of nitrogens with zero attached hydrogens (tertiary/aromatic N) is 4. The second-order valence-corrected chi connectivity index (χ2v) is 9.44. The number of piperidine rings is 2. The number of hydrogen-bond acceptors (Lipinski definition) is 5. The summed E-state index contributed by atoms with van der Waals surface area (Å²) in [6.07, 6.45) is 4.68. The van der Waals surface area contributed by atoms with Gasteiger partial charge in [-0.15, -0.1) is 0 Å². The molecule has 0 unspecified atom stereocenters. The van der Waals surface area contributed by atoms with Gasteiger partial charge in [0, 0.05) is 51.4 Å². The number of carbonyl (C=O) groups is 1. The molecule has 0 saturated carbocycles. The fourth-order valence-electron chi connectivity index (χ4n) is 4.81. The zero-order chi connectivity index (χ0) is 19.4. The first-order valence-corrected chi connectivity index (χ1v) is 11.0. The average Bonchev–Trinajstić information content (AvgIpc) is 2.67. The van der Waals surface area contributed by atoms with Gasteiger partial charge in [-0.25, -0.2) is 4.79 Å². The molecular formula is C21H40N4O2. The first-order valence-electron chi connectivity index (χ1n) is 11.0. The maximum atomic E-state index is 12.2. The van der Waals surface area contributed by atoms with Gasteiger partial charge in [-0.3, -0.25) is 9.80 Å². The van der Waals surface area contributed by atoms with Crippen molar-refractivity contribution in [1.82, 2.24) is 19.6 Å². The van der Waals surface area contributed by atoms with Crippen LogP contribution in [0.1, 0.15) is 53.4 Å². The fourth-order valence-corrected chi connectivity index (χ4v) is 4.81. The molecule has 0 radical (unpaired) electrons. The Morgan fingerprint density at radius 1 is 0.815 bits per heavy atom. The summed E-state index contributed by atoms with van der Waals surface area (Å²) in [6.45, 7) is 18.3. The first-order chi connectivity index (χ1) is 12.9. The maximum Gasteiger partial charge on any atom is 0.410 e. The van der Waals surface area contributed by atoms with Crippen molar-refractivity contribution in [3.63, 3.8) is 0 Å². The average molecular weight is 381 g/mol. The SMILES string of the molecule is CCN1CCC(N2CCN(C3CCN(C(=O)OC(C)(C)C)CC3)CC2)CC1. The number of piperazine rings is 1. The highest BCUT2D eigenvalue weighted by molar-refractivity contribution is 5.68. The lowest BCUT2D eigenvalue weighted by atomic mass is 10.00. The van der Waals surface area contributed by atoms with Crippen molar-refractivity contribution < 1.29 is 9.53 Å². The Kier molecular flexibility index (Phi) is 7.03. The minimum atomic E-state index is -0.405. The lowest BCUT2D eigenvalue weighted by Crippen LogP contribution is -2.57. The van der Waals surface area contributed by atoms with Crippen molar-refractivity contribution in [3.05, 3.63) is 0 Å². The third-order valence-electron chi connectivity index (χ3n) is 6.50. The highest BCUT2D eigenvalue weighted by Crippen LogP contribution is 2.23. The summed E-state index contributed by atoms with van der Waals surface area (Å²) in [5, 5.41) is 0. The monoisotopic (exact) mass is 380 g/mol. The van der Waals surface area contributed by atoms with Gasteiger partial charge >= 0.3 is 6.09 Å². The van der Waals surface area contributed by atoms with Crippen molar-refractivity contribution >= 4 is 6.09 Å². The lowest BCUT2D eigenvalue weighted by molar-refractivity contribution is 0.00438. The normalized spacial score (nSPS) is 25.7. The van der Waals surface area contributed by atoms with Gasteiger partial charge in [0.15, 0.2) is 0 Å². The van der Waals surface area contributed by atoms with Crippen molar-refractivity contribution in [1.29, 1.82) is 0 Å². The van der Waals surface area contributed by atoms with E-state index in [1.54, 1.807) is 0 Å². The molecule has 0 aliphatic carbocycles. The van der Waals surface area contributed by atoms with Crippen LogP contribution in [0, 0.1) is 0 Å². The number of carbonyl (C=O) groups excluding carboxylic acids is 1. The van der Waals surface area contributed by atoms with E-state index in [9.17, 15) is 4.79 Å². The van der Waals surface area contributed by atoms with Crippen molar-refractivity contribution in [2.75, 3.05) is 58.9 Å². The zero-order valence-electron chi connectivity index (χ0n) is 18.0. The summed E-state index contributed by atoms with van der Waals surface area (Å²) in [5.41, 5.74) is -0.405. The quantitative estimate of drug-likeness (QED) is 0.752. The molecule has 0 aromatic carbocycles. The fraction of sp³-hybridized carbons (Fsp3) is 0.952. The summed E-state index contributed by atoms with van der Waals surface area (Å²) < 4.78 is 5.52. The highest BCUT2D eigenvalue weighted by atomic mass is 16.6. The molecular weight excluding hydrogens is 340 g/mol. The van der Waals surface area contributed by atoms with E-state index in [0.717, 1.165) is 32.0 Å². The molecule has 3 aliphatic rings. The molecule has 0 bridgehead atoms. The number of rotatable bonds is 3. The van der Waals surface area contributed by atoms with Crippen LogP contribution in [0.2, 0.25) is 0 Å². The molecule has 0 aromatic heterocycles. The van der Waals surface area contributed by atoms with Crippen LogP contribution < -0.4 is 0 Å². The molecule has 0 atom stereocenters. The Hall–Kier alpha value is -0.850. The van der Waals surface area contributed by atoms with E-state index >= 15 is 0 Å². The van der Waals surface area contributed by atoms with Crippen molar-refractivity contribution in [2.24, 2.45) is 0 Å². The molecule has 3 rings (SSSR count). The van der Waals surface area contributed by atoms with Gasteiger partial charge in [0.05, 0.1) is 0 Å². The Bertz CT molecular complexity index is 469. The van der Waals surface area contributed by atoms with Gasteiger partial charge in [-0.05, 0) is 66.1 Å². The maximum absolute atomic E-state index is 12.2. The Morgan fingerprint density at radius 2 is 1.26 bits per heavy atom. The predicted molar refractivity (Wildman–Crippen MR) is 109 cm³/mol. The van der Waals surface area contributed by atoms with Crippen LogP contribution in [0.5, 0.6) is 0 Å². The van der Waals surface area contributed by atoms with Crippen LogP contribution in [0.25, 0.3) is 0 Å². The molecule has 3 fully saturated rings. The predicted octanol–water partition coefficient (Wildman–Crippen LogP) is 2.49. The summed E-state index contributed by atoms with van der Waals surface area (Å²) in [4.78, 5) is 22.1. The molecule has 3 saturated heterocycles. The third-order valence-corrected chi connectivity index (χ3v) is 6.50. The number of ether oxygens (including phenoxy) is 1. The molecule has 27 heavy (non-hydrogen) atoms. The Labute approximate surface area is 165 Å². The summed E-state index contributed by atoms with van der Waals surface area (Å²) >= 11 is 0. The smallest absolute Gasteiger partial charge is 0.410 e. The largest absolute Gasteiger partial charge is 0.444 e. The van der Waals surface area contributed by atoms with Crippen LogP contribution in [0.15, 0.2) is 0 Å². The van der Waals surface area contributed by atoms with Crippen LogP contribution in [0.3, 0.4) is 0 Å². The molecule has 0 spiro atoms. The van der Waals surface area contributed by atoms with Gasteiger partial charge in [0.2, 0.25) is 0 Å². The van der Waals surface area contributed by atoms with E-state index in [-0.39, 0.29) is 6.09 Å². The summed E-state index contributed by atoms with van der Waals surface area (Å²) in [7, 11) is 0. The van der Waals surface area contributed by atoms with E-state index in [1.165, 1.54) is 58.7 Å². The van der Waals surface area contributed by atoms with E-state index in [0.29, 0.717) is 6.04 Å². The second-order valence-electron chi connectivity index (χ2n) is 9.44. The van der Waals surface area contributed by atoms with Gasteiger partial charge in [0.1, 0.15) is 5.60 Å². The highest BCUT2D eigenvalue weighted by Gasteiger charge is 2.32. The number of hydrogen-bond donors (Lipinski definition) is 0. The third kappa shape index (κ3) is 5.81. The van der Waals surface area contributed by atoms with Gasteiger partial charge < -0.3 is 14.5 Å². The van der Waals surface area contributed by atoms with Crippen LogP contribution in [-0.4, -0.2) is 102 Å². The van der Waals surface area contributed by atoms with E-state index in [1.807, 2.05) is 25.7 Å². The van der Waals surface area contributed by atoms with Crippen LogP contribution >= 0.6 is 0 Å². The molecule has 3 aliphatic heterocycles. The number of amides is 1. The minimum Gasteiger partial charge on any atom is -0.444 e. The van der Waals surface area contributed by atoms with Gasteiger partial charge in [-0.1, -0.05) is 6.92 Å². The molecule has 0 aromatic rings. The van der Waals surface area contributed by atoms with E-state index in [4.69, 9.17) is 4.74 Å². The number of likely N-dealkylation sites (tertiary alicyclic amines) is 2. The van der Waals surface area contributed by atoms with E-state index < -0.39 is 5.60 Å². The van der Waals surface area contributed by atoms with Gasteiger partial charge in [-0.2, -0.15) is 0 Å². The Morgan fingerprint density at radius 3 is 1.67 bits per heavy atom. The summed E-state index contributed by atoms with van der Waals surface area (Å²) in [5.74, 6) is 0. The minimum absolute atomic E-state index is 0.149. The lowest BCUT2D eigenvalue weighted by Gasteiger charge is -2.46. The van der Waals surface area contributed by atoms with Crippen LogP contribution in [0.4, 0.5) is 4.79 Å². The van der Waals surface area contributed by atoms with Crippen molar-refractivity contribution in [3.8, 4) is 0 Å². The summed E-state index contributed by atoms with van der Waals surface area (Å²) in [6, 6.07) is 1.43. The zero-order valence-corrected chi connectivity index (χ0v) is 18.0. The standard InChI is InChI=1S/C21H40N4O2/c1-5-22-10-6-18(7-11-22)23-14-16-24(17-15-23)19-8-12-25(13-9-19)20(26)27-21(2,3)4/h18-19H,5-17H2,1-4H3. The molecule has 6 heteroatoms.